The Hall–Kier alpha value is -2.37. The molecule has 2 aliphatic heterocycles. The summed E-state index contributed by atoms with van der Waals surface area (Å²) in [7, 11) is 0. The minimum Gasteiger partial charge on any atom is -0.356 e. The third-order valence-electron chi connectivity index (χ3n) is 5.34. The van der Waals surface area contributed by atoms with Crippen LogP contribution in [0.15, 0.2) is 30.6 Å². The molecule has 2 aliphatic rings. The molecule has 1 atom stereocenters. The lowest BCUT2D eigenvalue weighted by Gasteiger charge is -2.34. The summed E-state index contributed by atoms with van der Waals surface area (Å²) < 4.78 is 0. The average Bonchev–Trinajstić information content (AvgIpc) is 3.23. The van der Waals surface area contributed by atoms with Crippen LogP contribution in [0.5, 0.6) is 0 Å². The van der Waals surface area contributed by atoms with Crippen molar-refractivity contribution in [2.45, 2.75) is 38.0 Å². The molecule has 2 aromatic rings. The summed E-state index contributed by atoms with van der Waals surface area (Å²) >= 11 is 0. The number of aromatic amines is 1. The molecule has 0 spiro atoms. The van der Waals surface area contributed by atoms with Gasteiger partial charge in [0.05, 0.1) is 5.56 Å². The molecular weight excluding hydrogens is 314 g/mol. The molecule has 0 radical (unpaired) electrons. The fourth-order valence-electron chi connectivity index (χ4n) is 4.00. The smallest absolute Gasteiger partial charge is 0.257 e. The second kappa shape index (κ2) is 7.25. The summed E-state index contributed by atoms with van der Waals surface area (Å²) in [6, 6.07) is 5.82. The zero-order valence-corrected chi connectivity index (χ0v) is 14.5. The Morgan fingerprint density at radius 3 is 2.76 bits per heavy atom. The van der Waals surface area contributed by atoms with E-state index in [0.29, 0.717) is 5.92 Å². The number of aromatic nitrogens is 3. The highest BCUT2D eigenvalue weighted by atomic mass is 16.2. The molecule has 1 amide bonds. The third kappa shape index (κ3) is 3.38. The van der Waals surface area contributed by atoms with Crippen molar-refractivity contribution in [1.29, 1.82) is 0 Å². The molecule has 6 nitrogen and oxygen atoms in total. The van der Waals surface area contributed by atoms with E-state index in [2.05, 4.69) is 20.1 Å². The summed E-state index contributed by atoms with van der Waals surface area (Å²) in [5, 5.41) is 7.12. The summed E-state index contributed by atoms with van der Waals surface area (Å²) in [6.45, 7) is 3.55. The van der Waals surface area contributed by atoms with Gasteiger partial charge in [-0.2, -0.15) is 5.10 Å². The summed E-state index contributed by atoms with van der Waals surface area (Å²) in [5.74, 6) is 1.31. The van der Waals surface area contributed by atoms with E-state index in [0.717, 1.165) is 56.1 Å². The first-order chi connectivity index (χ1) is 12.3. The van der Waals surface area contributed by atoms with Crippen LogP contribution in [-0.4, -0.2) is 52.2 Å². The van der Waals surface area contributed by atoms with E-state index in [-0.39, 0.29) is 5.91 Å². The van der Waals surface area contributed by atoms with Crippen LogP contribution in [0.25, 0.3) is 0 Å². The van der Waals surface area contributed by atoms with Crippen LogP contribution < -0.4 is 4.90 Å². The Morgan fingerprint density at radius 1 is 1.08 bits per heavy atom. The van der Waals surface area contributed by atoms with Gasteiger partial charge in [0.2, 0.25) is 0 Å². The number of carbonyl (C=O) groups excluding carboxylic acids is 1. The van der Waals surface area contributed by atoms with E-state index in [1.165, 1.54) is 19.3 Å². The lowest BCUT2D eigenvalue weighted by atomic mass is 9.94. The minimum absolute atomic E-state index is 0.109. The van der Waals surface area contributed by atoms with E-state index < -0.39 is 0 Å². The van der Waals surface area contributed by atoms with Crippen molar-refractivity contribution in [1.82, 2.24) is 20.1 Å². The molecule has 6 heteroatoms. The Labute approximate surface area is 148 Å². The number of H-pyrrole nitrogens is 1. The van der Waals surface area contributed by atoms with Crippen molar-refractivity contribution in [3.05, 3.63) is 41.9 Å². The number of rotatable bonds is 3. The summed E-state index contributed by atoms with van der Waals surface area (Å²) in [5.41, 5.74) is 1.87. The standard InChI is InChI=1S/C19H25N5O/c25-19(24-13-5-6-15(14-24)17-8-10-21-22-17)16-7-4-9-20-18(16)23-11-2-1-3-12-23/h4,7-10,15H,1-3,5-6,11-14H2,(H,21,22)/t15-/m0/s1. The highest BCUT2D eigenvalue weighted by Gasteiger charge is 2.29. The molecule has 4 heterocycles. The van der Waals surface area contributed by atoms with Crippen molar-refractivity contribution in [2.75, 3.05) is 31.1 Å². The van der Waals surface area contributed by atoms with Crippen LogP contribution in [0.4, 0.5) is 5.82 Å². The SMILES string of the molecule is O=C(c1cccnc1N1CCCCC1)N1CCC[C@H](c2ccn[nH]2)C1. The first kappa shape index (κ1) is 16.1. The fourth-order valence-corrected chi connectivity index (χ4v) is 4.00. The summed E-state index contributed by atoms with van der Waals surface area (Å²) in [4.78, 5) is 22.0. The maximum atomic E-state index is 13.2. The van der Waals surface area contributed by atoms with Crippen molar-refractivity contribution in [3.63, 3.8) is 0 Å². The summed E-state index contributed by atoms with van der Waals surface area (Å²) in [6.07, 6.45) is 9.32. The molecule has 0 aliphatic carbocycles. The van der Waals surface area contributed by atoms with E-state index >= 15 is 0 Å². The van der Waals surface area contributed by atoms with Crippen molar-refractivity contribution < 1.29 is 4.79 Å². The molecule has 132 valence electrons. The van der Waals surface area contributed by atoms with E-state index in [9.17, 15) is 4.79 Å². The van der Waals surface area contributed by atoms with E-state index in [1.807, 2.05) is 23.1 Å². The minimum atomic E-state index is 0.109. The number of nitrogens with one attached hydrogen (secondary N) is 1. The highest BCUT2D eigenvalue weighted by molar-refractivity contribution is 5.99. The van der Waals surface area contributed by atoms with Gasteiger partial charge in [-0.15, -0.1) is 0 Å². The van der Waals surface area contributed by atoms with Gasteiger partial charge in [0.1, 0.15) is 5.82 Å². The van der Waals surface area contributed by atoms with Gasteiger partial charge in [-0.05, 0) is 50.3 Å². The van der Waals surface area contributed by atoms with Crippen LogP contribution in [0, 0.1) is 0 Å². The maximum Gasteiger partial charge on any atom is 0.257 e. The third-order valence-corrected chi connectivity index (χ3v) is 5.34. The second-order valence-corrected chi connectivity index (χ2v) is 7.02. The molecule has 2 saturated heterocycles. The lowest BCUT2D eigenvalue weighted by molar-refractivity contribution is 0.0706. The van der Waals surface area contributed by atoms with Crippen molar-refractivity contribution in [2.24, 2.45) is 0 Å². The molecule has 0 aromatic carbocycles. The van der Waals surface area contributed by atoms with Crippen LogP contribution in [0.1, 0.15) is 54.1 Å². The zero-order chi connectivity index (χ0) is 17.1. The predicted molar refractivity (Wildman–Crippen MR) is 96.8 cm³/mol. The number of likely N-dealkylation sites (tertiary alicyclic amines) is 1. The van der Waals surface area contributed by atoms with Gasteiger partial charge >= 0.3 is 0 Å². The van der Waals surface area contributed by atoms with Gasteiger partial charge in [0.25, 0.3) is 5.91 Å². The van der Waals surface area contributed by atoms with Crippen molar-refractivity contribution in [3.8, 4) is 0 Å². The number of carbonyl (C=O) groups is 1. The molecule has 2 fully saturated rings. The topological polar surface area (TPSA) is 65.1 Å². The number of anilines is 1. The zero-order valence-electron chi connectivity index (χ0n) is 14.5. The molecule has 0 bridgehead atoms. The average molecular weight is 339 g/mol. The normalized spacial score (nSPS) is 21.4. The lowest BCUT2D eigenvalue weighted by Crippen LogP contribution is -2.40. The van der Waals surface area contributed by atoms with Crippen LogP contribution in [0.2, 0.25) is 0 Å². The van der Waals surface area contributed by atoms with E-state index in [1.54, 1.807) is 12.4 Å². The van der Waals surface area contributed by atoms with Crippen molar-refractivity contribution >= 4 is 11.7 Å². The Morgan fingerprint density at radius 2 is 1.96 bits per heavy atom. The number of hydrogen-bond acceptors (Lipinski definition) is 4. The van der Waals surface area contributed by atoms with Crippen LogP contribution in [0.3, 0.4) is 0 Å². The number of amides is 1. The first-order valence-electron chi connectivity index (χ1n) is 9.31. The van der Waals surface area contributed by atoms with E-state index in [4.69, 9.17) is 0 Å². The Bertz CT molecular complexity index is 708. The fraction of sp³-hybridized carbons (Fsp3) is 0.526. The molecule has 2 aromatic heterocycles. The number of nitrogens with zero attached hydrogens (tertiary/aromatic N) is 4. The van der Waals surface area contributed by atoms with Crippen LogP contribution >= 0.6 is 0 Å². The largest absolute Gasteiger partial charge is 0.356 e. The monoisotopic (exact) mass is 339 g/mol. The van der Waals surface area contributed by atoms with Gasteiger partial charge < -0.3 is 9.80 Å². The van der Waals surface area contributed by atoms with Gasteiger partial charge in [0.15, 0.2) is 0 Å². The Balaban J connectivity index is 1.54. The molecule has 1 N–H and O–H groups in total. The van der Waals surface area contributed by atoms with Gasteiger partial charge in [-0.25, -0.2) is 4.98 Å². The molecular formula is C19H25N5O. The van der Waals surface area contributed by atoms with Gasteiger partial charge in [-0.1, -0.05) is 0 Å². The highest BCUT2D eigenvalue weighted by Crippen LogP contribution is 2.28. The Kier molecular flexibility index (Phi) is 4.68. The second-order valence-electron chi connectivity index (χ2n) is 7.02. The maximum absolute atomic E-state index is 13.2. The molecule has 4 rings (SSSR count). The quantitative estimate of drug-likeness (QED) is 0.934. The van der Waals surface area contributed by atoms with Crippen LogP contribution in [-0.2, 0) is 0 Å². The number of pyridine rings is 1. The first-order valence-corrected chi connectivity index (χ1v) is 9.31. The molecule has 0 unspecified atom stereocenters. The van der Waals surface area contributed by atoms with Gasteiger partial charge in [-0.3, -0.25) is 9.89 Å². The predicted octanol–water partition coefficient (Wildman–Crippen LogP) is 2.81. The molecule has 25 heavy (non-hydrogen) atoms. The van der Waals surface area contributed by atoms with Gasteiger partial charge in [0, 0.05) is 50.2 Å². The molecule has 0 saturated carbocycles. The number of piperidine rings is 2. The number of hydrogen-bond donors (Lipinski definition) is 1.